The van der Waals surface area contributed by atoms with Gasteiger partial charge in [-0.05, 0) is 37.8 Å². The third-order valence-corrected chi connectivity index (χ3v) is 6.99. The lowest BCUT2D eigenvalue weighted by molar-refractivity contribution is -0.139. The van der Waals surface area contributed by atoms with Gasteiger partial charge >= 0.3 is 0 Å². The molecule has 1 saturated carbocycles. The maximum Gasteiger partial charge on any atom is 0.225 e. The molecule has 0 aromatic carbocycles. The van der Waals surface area contributed by atoms with Crippen molar-refractivity contribution < 1.29 is 4.79 Å². The first-order chi connectivity index (χ1) is 14.6. The molecule has 1 saturated heterocycles. The van der Waals surface area contributed by atoms with E-state index in [9.17, 15) is 4.79 Å². The molecule has 1 aliphatic carbocycles. The first-order valence-electron chi connectivity index (χ1n) is 10.5. The van der Waals surface area contributed by atoms with Crippen LogP contribution in [-0.4, -0.2) is 65.2 Å². The Morgan fingerprint density at radius 3 is 2.80 bits per heavy atom. The summed E-state index contributed by atoms with van der Waals surface area (Å²) in [7, 11) is 1.80. The summed E-state index contributed by atoms with van der Waals surface area (Å²) in [5, 5.41) is 4.23. The number of nitrogens with zero attached hydrogens (tertiary/aromatic N) is 5. The van der Waals surface area contributed by atoms with Gasteiger partial charge in [0.1, 0.15) is 5.65 Å². The van der Waals surface area contributed by atoms with E-state index in [1.54, 1.807) is 18.4 Å². The molecule has 5 rings (SSSR count). The topological polar surface area (TPSA) is 77.5 Å². The molecule has 2 fully saturated rings. The van der Waals surface area contributed by atoms with Gasteiger partial charge in [-0.25, -0.2) is 9.97 Å². The second kappa shape index (κ2) is 7.83. The zero-order valence-electron chi connectivity index (χ0n) is 17.3. The van der Waals surface area contributed by atoms with E-state index in [0.29, 0.717) is 11.8 Å². The summed E-state index contributed by atoms with van der Waals surface area (Å²) in [6, 6.07) is 4.22. The van der Waals surface area contributed by atoms with E-state index in [4.69, 9.17) is 0 Å². The molecule has 3 aromatic heterocycles. The van der Waals surface area contributed by atoms with Crippen LogP contribution in [0.2, 0.25) is 0 Å². The van der Waals surface area contributed by atoms with Gasteiger partial charge in [-0.1, -0.05) is 0 Å². The van der Waals surface area contributed by atoms with E-state index in [-0.39, 0.29) is 5.92 Å². The average molecular weight is 423 g/mol. The molecule has 0 unspecified atom stereocenters. The number of carbonyl (C=O) groups is 1. The van der Waals surface area contributed by atoms with Gasteiger partial charge in [0, 0.05) is 68.0 Å². The Hall–Kier alpha value is -2.74. The summed E-state index contributed by atoms with van der Waals surface area (Å²) in [5.74, 6) is 0.985. The number of H-pyrrole nitrogens is 1. The highest BCUT2D eigenvalue weighted by atomic mass is 32.1. The van der Waals surface area contributed by atoms with Crippen LogP contribution in [0.25, 0.3) is 22.4 Å². The molecule has 7 nitrogen and oxygen atoms in total. The van der Waals surface area contributed by atoms with Crippen molar-refractivity contribution >= 4 is 40.2 Å². The Kier molecular flexibility index (Phi) is 5.02. The molecular formula is C22H26N6OS. The number of pyridine rings is 1. The minimum absolute atomic E-state index is 0.181. The predicted molar refractivity (Wildman–Crippen MR) is 121 cm³/mol. The van der Waals surface area contributed by atoms with E-state index in [1.165, 1.54) is 5.69 Å². The molecule has 0 spiro atoms. The van der Waals surface area contributed by atoms with E-state index in [2.05, 4.69) is 42.4 Å². The minimum Gasteiger partial charge on any atom is -0.367 e. The van der Waals surface area contributed by atoms with E-state index >= 15 is 0 Å². The third-order valence-electron chi connectivity index (χ3n) is 6.22. The summed E-state index contributed by atoms with van der Waals surface area (Å²) >= 11 is 1.65. The number of aryl methyl sites for hydroxylation is 1. The Balaban J connectivity index is 1.28. The Bertz CT molecular complexity index is 1090. The SMILES string of the molecule is CN=CC1CC(C(=O)N2CCN(c3ccnc4[nH]c(-c5csc(C)n5)cc34)CC2)C1. The lowest BCUT2D eigenvalue weighted by atomic mass is 9.75. The van der Waals surface area contributed by atoms with Crippen LogP contribution in [0, 0.1) is 18.8 Å². The Morgan fingerprint density at radius 1 is 1.30 bits per heavy atom. The fourth-order valence-corrected chi connectivity index (χ4v) is 5.15. The van der Waals surface area contributed by atoms with Crippen LogP contribution in [-0.2, 0) is 4.79 Å². The summed E-state index contributed by atoms with van der Waals surface area (Å²) in [5.41, 5.74) is 4.01. The number of aromatic amines is 1. The Labute approximate surface area is 179 Å². The van der Waals surface area contributed by atoms with Gasteiger partial charge < -0.3 is 19.8 Å². The van der Waals surface area contributed by atoms with Gasteiger partial charge in [0.15, 0.2) is 0 Å². The summed E-state index contributed by atoms with van der Waals surface area (Å²) in [4.78, 5) is 33.8. The number of nitrogens with one attached hydrogen (secondary N) is 1. The van der Waals surface area contributed by atoms with Gasteiger partial charge in [0.2, 0.25) is 5.91 Å². The maximum absolute atomic E-state index is 12.8. The molecule has 0 radical (unpaired) electrons. The molecule has 1 aliphatic heterocycles. The number of fused-ring (bicyclic) bond motifs is 1. The third kappa shape index (κ3) is 3.49. The number of aromatic nitrogens is 3. The first-order valence-corrected chi connectivity index (χ1v) is 11.4. The second-order valence-corrected chi connectivity index (χ2v) is 9.24. The quantitative estimate of drug-likeness (QED) is 0.654. The number of hydrogen-bond acceptors (Lipinski definition) is 6. The van der Waals surface area contributed by atoms with Crippen LogP contribution in [0.4, 0.5) is 5.69 Å². The van der Waals surface area contributed by atoms with Crippen molar-refractivity contribution in [3.63, 3.8) is 0 Å². The fourth-order valence-electron chi connectivity index (χ4n) is 4.54. The molecule has 8 heteroatoms. The highest BCUT2D eigenvalue weighted by Crippen LogP contribution is 2.35. The summed E-state index contributed by atoms with van der Waals surface area (Å²) in [6.45, 7) is 5.24. The normalized spacial score (nSPS) is 22.1. The van der Waals surface area contributed by atoms with Crippen molar-refractivity contribution in [3.05, 3.63) is 28.7 Å². The molecule has 0 atom stereocenters. The lowest BCUT2D eigenvalue weighted by Gasteiger charge is -2.40. The highest BCUT2D eigenvalue weighted by molar-refractivity contribution is 7.09. The summed E-state index contributed by atoms with van der Waals surface area (Å²) < 4.78 is 0. The molecule has 0 bridgehead atoms. The fraction of sp³-hybridized carbons (Fsp3) is 0.455. The number of carbonyl (C=O) groups excluding carboxylic acids is 1. The molecule has 3 aromatic rings. The van der Waals surface area contributed by atoms with Gasteiger partial charge in [-0.15, -0.1) is 11.3 Å². The van der Waals surface area contributed by atoms with Crippen LogP contribution in [0.5, 0.6) is 0 Å². The zero-order valence-corrected chi connectivity index (χ0v) is 18.2. The van der Waals surface area contributed by atoms with Gasteiger partial charge in [0.25, 0.3) is 0 Å². The minimum atomic E-state index is 0.181. The molecule has 4 heterocycles. The van der Waals surface area contributed by atoms with E-state index < -0.39 is 0 Å². The van der Waals surface area contributed by atoms with Gasteiger partial charge in [-0.2, -0.15) is 0 Å². The smallest absolute Gasteiger partial charge is 0.225 e. The van der Waals surface area contributed by atoms with Crippen molar-refractivity contribution in [1.29, 1.82) is 0 Å². The van der Waals surface area contributed by atoms with Crippen LogP contribution >= 0.6 is 11.3 Å². The van der Waals surface area contributed by atoms with Crippen molar-refractivity contribution in [2.24, 2.45) is 16.8 Å². The number of amides is 1. The number of piperazine rings is 1. The molecule has 30 heavy (non-hydrogen) atoms. The predicted octanol–water partition coefficient (Wildman–Crippen LogP) is 3.37. The van der Waals surface area contributed by atoms with Crippen molar-refractivity contribution in [2.75, 3.05) is 38.1 Å². The average Bonchev–Trinajstić information content (AvgIpc) is 3.36. The van der Waals surface area contributed by atoms with Crippen LogP contribution < -0.4 is 4.90 Å². The molecule has 1 N–H and O–H groups in total. The monoisotopic (exact) mass is 422 g/mol. The van der Waals surface area contributed by atoms with E-state index in [1.807, 2.05) is 24.2 Å². The first kappa shape index (κ1) is 19.2. The lowest BCUT2D eigenvalue weighted by Crippen LogP contribution is -2.52. The zero-order chi connectivity index (χ0) is 20.7. The number of thiazole rings is 1. The molecule has 2 aliphatic rings. The number of anilines is 1. The number of aliphatic imine (C=N–C) groups is 1. The largest absolute Gasteiger partial charge is 0.367 e. The van der Waals surface area contributed by atoms with Crippen LogP contribution in [0.1, 0.15) is 17.8 Å². The molecular weight excluding hydrogens is 396 g/mol. The standard InChI is InChI=1S/C22H26N6OS/c1-14-25-19(13-30-14)18-11-17-20(3-4-24-21(17)26-18)27-5-7-28(8-6-27)22(29)16-9-15(10-16)12-23-2/h3-4,11-13,15-16H,5-10H2,1-2H3,(H,24,26). The summed E-state index contributed by atoms with van der Waals surface area (Å²) in [6.07, 6.45) is 5.73. The van der Waals surface area contributed by atoms with Crippen molar-refractivity contribution in [2.45, 2.75) is 19.8 Å². The van der Waals surface area contributed by atoms with Crippen LogP contribution in [0.15, 0.2) is 28.7 Å². The van der Waals surface area contributed by atoms with Crippen molar-refractivity contribution in [3.8, 4) is 11.4 Å². The number of hydrogen-bond donors (Lipinski definition) is 1. The highest BCUT2D eigenvalue weighted by Gasteiger charge is 2.36. The van der Waals surface area contributed by atoms with E-state index in [0.717, 1.165) is 66.4 Å². The van der Waals surface area contributed by atoms with Gasteiger partial charge in [0.05, 0.1) is 16.4 Å². The number of rotatable bonds is 4. The van der Waals surface area contributed by atoms with Gasteiger partial charge in [-0.3, -0.25) is 4.79 Å². The molecule has 156 valence electrons. The molecule has 1 amide bonds. The second-order valence-electron chi connectivity index (χ2n) is 8.18. The van der Waals surface area contributed by atoms with Crippen LogP contribution in [0.3, 0.4) is 0 Å². The Morgan fingerprint density at radius 2 is 2.10 bits per heavy atom. The maximum atomic E-state index is 12.8. The van der Waals surface area contributed by atoms with Crippen molar-refractivity contribution in [1.82, 2.24) is 19.9 Å².